The number of hydrogen-bond donors (Lipinski definition) is 0. The molecule has 6 rings (SSSR count). The Kier molecular flexibility index (Phi) is 12.0. The number of fused-ring (bicyclic) bond motifs is 6. The standard InChI is InChI=1S/C43H48Br2N2O2/c1-5-9-14-29(7-3)27-48-34-20-23-37(40(26-34)49-28-30(8-4)15-10-6-2)43-46-41-38-24-31(44)18-21-35(38)36-22-19-32(45)25-39(36)42(41)47(43)33-16-12-11-13-17-33/h11-13,16-26,29-30H,5-10,14-15,27-28H2,1-4H3. The Bertz CT molecular complexity index is 2020. The van der Waals surface area contributed by atoms with Gasteiger partial charge in [0.1, 0.15) is 17.3 Å². The third kappa shape index (κ3) is 7.86. The summed E-state index contributed by atoms with van der Waals surface area (Å²) >= 11 is 7.53. The first-order chi connectivity index (χ1) is 23.9. The molecular formula is C43H48Br2N2O2. The zero-order chi connectivity index (χ0) is 34.3. The molecule has 4 nitrogen and oxygen atoms in total. The second-order valence-electron chi connectivity index (χ2n) is 13.3. The number of aromatic nitrogens is 2. The van der Waals surface area contributed by atoms with Gasteiger partial charge in [0.2, 0.25) is 0 Å². The number of unbranched alkanes of at least 4 members (excludes halogenated alkanes) is 2. The molecule has 2 atom stereocenters. The first kappa shape index (κ1) is 35.5. The molecule has 0 fully saturated rings. The number of imidazole rings is 1. The average molecular weight is 785 g/mol. The van der Waals surface area contributed by atoms with Gasteiger partial charge in [0.25, 0.3) is 0 Å². The zero-order valence-electron chi connectivity index (χ0n) is 29.3. The van der Waals surface area contributed by atoms with Crippen molar-refractivity contribution < 1.29 is 9.47 Å². The van der Waals surface area contributed by atoms with Gasteiger partial charge in [0, 0.05) is 31.5 Å². The van der Waals surface area contributed by atoms with Gasteiger partial charge in [0.05, 0.1) is 29.8 Å². The predicted molar refractivity (Wildman–Crippen MR) is 215 cm³/mol. The Hall–Kier alpha value is -3.35. The summed E-state index contributed by atoms with van der Waals surface area (Å²) in [5, 5.41) is 4.63. The third-order valence-electron chi connectivity index (χ3n) is 9.90. The molecule has 0 spiro atoms. The summed E-state index contributed by atoms with van der Waals surface area (Å²) in [5.74, 6) is 3.56. The van der Waals surface area contributed by atoms with Crippen molar-refractivity contribution in [3.8, 4) is 28.6 Å². The van der Waals surface area contributed by atoms with Crippen molar-refractivity contribution in [2.45, 2.75) is 79.1 Å². The summed E-state index contributed by atoms with van der Waals surface area (Å²) in [5.41, 5.74) is 4.05. The molecule has 1 heterocycles. The van der Waals surface area contributed by atoms with E-state index in [4.69, 9.17) is 14.5 Å². The highest BCUT2D eigenvalue weighted by Crippen LogP contribution is 2.43. The van der Waals surface area contributed by atoms with Gasteiger partial charge in [-0.25, -0.2) is 4.98 Å². The molecule has 0 amide bonds. The highest BCUT2D eigenvalue weighted by Gasteiger charge is 2.24. The maximum atomic E-state index is 6.83. The average Bonchev–Trinajstić information content (AvgIpc) is 3.53. The molecule has 49 heavy (non-hydrogen) atoms. The molecule has 0 aliphatic carbocycles. The zero-order valence-corrected chi connectivity index (χ0v) is 32.4. The largest absolute Gasteiger partial charge is 0.493 e. The van der Waals surface area contributed by atoms with Crippen LogP contribution in [0.3, 0.4) is 0 Å². The number of ether oxygens (including phenoxy) is 2. The second kappa shape index (κ2) is 16.6. The van der Waals surface area contributed by atoms with Crippen LogP contribution in [-0.4, -0.2) is 22.8 Å². The number of nitrogens with zero attached hydrogens (tertiary/aromatic N) is 2. The van der Waals surface area contributed by atoms with Gasteiger partial charge in [-0.1, -0.05) is 128 Å². The van der Waals surface area contributed by atoms with Crippen molar-refractivity contribution >= 4 is 64.4 Å². The lowest BCUT2D eigenvalue weighted by molar-refractivity contribution is 0.223. The SMILES string of the molecule is CCCCC(CC)COc1ccc(-c2nc3c4cc(Br)ccc4c4ccc(Br)cc4c3n2-c2ccccc2)c(OCC(CC)CCCC)c1. The van der Waals surface area contributed by atoms with Crippen LogP contribution in [0, 0.1) is 11.8 Å². The first-order valence-electron chi connectivity index (χ1n) is 18.1. The van der Waals surface area contributed by atoms with Gasteiger partial charge in [-0.2, -0.15) is 0 Å². The van der Waals surface area contributed by atoms with Crippen molar-refractivity contribution in [2.75, 3.05) is 13.2 Å². The maximum absolute atomic E-state index is 6.83. The van der Waals surface area contributed by atoms with Gasteiger partial charge in [0.15, 0.2) is 0 Å². The maximum Gasteiger partial charge on any atom is 0.149 e. The number of para-hydroxylation sites is 1. The third-order valence-corrected chi connectivity index (χ3v) is 10.9. The number of rotatable bonds is 16. The Morgan fingerprint density at radius 3 is 1.90 bits per heavy atom. The van der Waals surface area contributed by atoms with Gasteiger partial charge >= 0.3 is 0 Å². The molecule has 5 aromatic carbocycles. The summed E-state index contributed by atoms with van der Waals surface area (Å²) in [6, 6.07) is 30.0. The van der Waals surface area contributed by atoms with Crippen molar-refractivity contribution in [1.82, 2.24) is 9.55 Å². The van der Waals surface area contributed by atoms with Crippen molar-refractivity contribution in [3.05, 3.63) is 93.9 Å². The molecule has 0 aliphatic rings. The highest BCUT2D eigenvalue weighted by atomic mass is 79.9. The summed E-state index contributed by atoms with van der Waals surface area (Å²) in [7, 11) is 0. The van der Waals surface area contributed by atoms with E-state index < -0.39 is 0 Å². The summed E-state index contributed by atoms with van der Waals surface area (Å²) < 4.78 is 17.7. The van der Waals surface area contributed by atoms with E-state index in [1.807, 2.05) is 0 Å². The fourth-order valence-corrected chi connectivity index (χ4v) is 7.60. The van der Waals surface area contributed by atoms with E-state index in [-0.39, 0.29) is 0 Å². The smallest absolute Gasteiger partial charge is 0.149 e. The number of hydrogen-bond acceptors (Lipinski definition) is 3. The minimum Gasteiger partial charge on any atom is -0.493 e. The fourth-order valence-electron chi connectivity index (χ4n) is 6.87. The molecule has 0 saturated carbocycles. The molecule has 2 unspecified atom stereocenters. The molecule has 6 aromatic rings. The molecule has 1 aromatic heterocycles. The molecule has 0 bridgehead atoms. The van der Waals surface area contributed by atoms with E-state index in [1.54, 1.807) is 0 Å². The second-order valence-corrected chi connectivity index (χ2v) is 15.1. The Labute approximate surface area is 308 Å². The first-order valence-corrected chi connectivity index (χ1v) is 19.7. The van der Waals surface area contributed by atoms with E-state index in [0.29, 0.717) is 25.0 Å². The van der Waals surface area contributed by atoms with E-state index >= 15 is 0 Å². The van der Waals surface area contributed by atoms with Crippen LogP contribution < -0.4 is 9.47 Å². The van der Waals surface area contributed by atoms with Crippen molar-refractivity contribution in [2.24, 2.45) is 11.8 Å². The Morgan fingerprint density at radius 2 is 1.27 bits per heavy atom. The van der Waals surface area contributed by atoms with Gasteiger partial charge in [-0.05, 0) is 84.0 Å². The lowest BCUT2D eigenvalue weighted by atomic mass is 10.00. The number of halogens is 2. The topological polar surface area (TPSA) is 36.3 Å². The van der Waals surface area contributed by atoms with Crippen LogP contribution in [0.2, 0.25) is 0 Å². The monoisotopic (exact) mass is 782 g/mol. The fraction of sp³-hybridized carbons (Fsp3) is 0.372. The molecule has 0 radical (unpaired) electrons. The summed E-state index contributed by atoms with van der Waals surface area (Å²) in [6.07, 6.45) is 9.41. The minimum absolute atomic E-state index is 0.492. The minimum atomic E-state index is 0.492. The summed E-state index contributed by atoms with van der Waals surface area (Å²) in [4.78, 5) is 5.52. The lowest BCUT2D eigenvalue weighted by Gasteiger charge is -2.20. The molecule has 0 N–H and O–H groups in total. The van der Waals surface area contributed by atoms with Crippen molar-refractivity contribution in [3.63, 3.8) is 0 Å². The molecule has 6 heteroatoms. The van der Waals surface area contributed by atoms with Crippen LogP contribution in [-0.2, 0) is 0 Å². The van der Waals surface area contributed by atoms with Crippen LogP contribution in [0.4, 0.5) is 0 Å². The van der Waals surface area contributed by atoms with Gasteiger partial charge < -0.3 is 9.47 Å². The van der Waals surface area contributed by atoms with Crippen LogP contribution >= 0.6 is 31.9 Å². The predicted octanol–water partition coefficient (Wildman–Crippen LogP) is 13.7. The molecule has 0 saturated heterocycles. The summed E-state index contributed by atoms with van der Waals surface area (Å²) in [6.45, 7) is 10.4. The van der Waals surface area contributed by atoms with E-state index in [2.05, 4.69) is 149 Å². The van der Waals surface area contributed by atoms with E-state index in [1.165, 1.54) is 49.3 Å². The van der Waals surface area contributed by atoms with E-state index in [9.17, 15) is 0 Å². The molecule has 0 aliphatic heterocycles. The van der Waals surface area contributed by atoms with Crippen LogP contribution in [0.15, 0.2) is 93.9 Å². The van der Waals surface area contributed by atoms with Crippen LogP contribution in [0.1, 0.15) is 79.1 Å². The Balaban J connectivity index is 1.57. The number of benzene rings is 5. The molecule has 256 valence electrons. The van der Waals surface area contributed by atoms with Crippen molar-refractivity contribution in [1.29, 1.82) is 0 Å². The van der Waals surface area contributed by atoms with Crippen LogP contribution in [0.5, 0.6) is 11.5 Å². The lowest BCUT2D eigenvalue weighted by Crippen LogP contribution is -2.13. The van der Waals surface area contributed by atoms with Gasteiger partial charge in [-0.15, -0.1) is 0 Å². The van der Waals surface area contributed by atoms with E-state index in [0.717, 1.165) is 72.2 Å². The molecular weight excluding hydrogens is 736 g/mol. The highest BCUT2D eigenvalue weighted by molar-refractivity contribution is 9.10. The van der Waals surface area contributed by atoms with Gasteiger partial charge in [-0.3, -0.25) is 4.57 Å². The quantitative estimate of drug-likeness (QED) is 0.0917. The van der Waals surface area contributed by atoms with Crippen LogP contribution in [0.25, 0.3) is 49.7 Å². The Morgan fingerprint density at radius 1 is 0.653 bits per heavy atom. The normalized spacial score (nSPS) is 12.9.